The molecule has 0 aliphatic carbocycles. The van der Waals surface area contributed by atoms with Crippen LogP contribution in [0.2, 0.25) is 5.02 Å². The summed E-state index contributed by atoms with van der Waals surface area (Å²) in [6, 6.07) is 12.9. The Balaban J connectivity index is 2.06. The number of hydrogen-bond donors (Lipinski definition) is 2. The highest BCUT2D eigenvalue weighted by molar-refractivity contribution is 7.98. The van der Waals surface area contributed by atoms with Crippen molar-refractivity contribution in [2.75, 3.05) is 6.26 Å². The molecule has 0 aliphatic rings. The molecule has 0 amide bonds. The molecule has 0 spiro atoms. The van der Waals surface area contributed by atoms with Crippen molar-refractivity contribution >= 4 is 40.2 Å². The molecule has 2 aromatic carbocycles. The van der Waals surface area contributed by atoms with Crippen molar-refractivity contribution < 1.29 is 14.3 Å². The lowest BCUT2D eigenvalue weighted by molar-refractivity contribution is 0.0687. The molecule has 30 heavy (non-hydrogen) atoms. The van der Waals surface area contributed by atoms with Crippen LogP contribution in [0.1, 0.15) is 16.1 Å². The quantitative estimate of drug-likeness (QED) is 0.413. The van der Waals surface area contributed by atoms with Gasteiger partial charge in [-0.3, -0.25) is 4.79 Å². The number of nitrogens with one attached hydrogen (secondary N) is 1. The lowest BCUT2D eigenvalue weighted by Gasteiger charge is -2.11. The van der Waals surface area contributed by atoms with E-state index in [2.05, 4.69) is 4.98 Å². The monoisotopic (exact) mass is 442 g/mol. The summed E-state index contributed by atoms with van der Waals surface area (Å²) in [4.78, 5) is 28.2. The van der Waals surface area contributed by atoms with Crippen molar-refractivity contribution in [2.45, 2.75) is 11.4 Å². The second kappa shape index (κ2) is 8.01. The minimum Gasteiger partial charge on any atom is -0.477 e. The maximum atomic E-state index is 14.5. The van der Waals surface area contributed by atoms with Crippen LogP contribution in [0.5, 0.6) is 0 Å². The van der Waals surface area contributed by atoms with Crippen LogP contribution in [0.15, 0.2) is 64.4 Å². The van der Waals surface area contributed by atoms with E-state index in [-0.39, 0.29) is 23.4 Å². The first-order chi connectivity index (χ1) is 14.4. The Bertz CT molecular complexity index is 1350. The van der Waals surface area contributed by atoms with E-state index >= 15 is 0 Å². The fraction of sp³-hybridized carbons (Fsp3) is 0.0909. The van der Waals surface area contributed by atoms with Crippen LogP contribution in [0.25, 0.3) is 22.0 Å². The average Bonchev–Trinajstić information content (AvgIpc) is 3.03. The molecular formula is C22H16ClFN2O3S. The number of rotatable bonds is 5. The van der Waals surface area contributed by atoms with Crippen LogP contribution < -0.4 is 5.56 Å². The topological polar surface area (TPSA) is 75.1 Å². The third-order valence-electron chi connectivity index (χ3n) is 4.90. The fourth-order valence-corrected chi connectivity index (χ4v) is 4.21. The highest BCUT2D eigenvalue weighted by Gasteiger charge is 2.26. The number of carboxylic acid groups (broad SMARTS) is 1. The smallest absolute Gasteiger partial charge is 0.353 e. The van der Waals surface area contributed by atoms with Crippen LogP contribution >= 0.6 is 23.4 Å². The molecule has 0 bridgehead atoms. The lowest BCUT2D eigenvalue weighted by Crippen LogP contribution is -2.14. The second-order valence-electron chi connectivity index (χ2n) is 6.65. The van der Waals surface area contributed by atoms with E-state index in [0.29, 0.717) is 21.5 Å². The number of benzene rings is 2. The molecule has 152 valence electrons. The standard InChI is InChI=1S/C22H16ClFN2O3S/c1-30-14-5-6-17(24)12(9-14)11-26-18-7-4-13(23)10-16(18)19(20(26)22(28)29)15-3-2-8-25-21(15)27/h2-10H,11H2,1H3,(H,25,27)(H,28,29). The molecule has 0 aliphatic heterocycles. The molecule has 5 nitrogen and oxygen atoms in total. The Morgan fingerprint density at radius 1 is 1.23 bits per heavy atom. The molecule has 0 saturated carbocycles. The van der Waals surface area contributed by atoms with Gasteiger partial charge in [0, 0.05) is 43.7 Å². The van der Waals surface area contributed by atoms with Gasteiger partial charge in [-0.25, -0.2) is 9.18 Å². The SMILES string of the molecule is CSc1ccc(F)c(Cn2c(C(=O)O)c(-c3ccc[nH]c3=O)c3cc(Cl)ccc32)c1. The minimum atomic E-state index is -1.22. The molecule has 4 aromatic rings. The number of carboxylic acids is 1. The van der Waals surface area contributed by atoms with Crippen LogP contribution in [0.4, 0.5) is 4.39 Å². The lowest BCUT2D eigenvalue weighted by atomic mass is 10.0. The third-order valence-corrected chi connectivity index (χ3v) is 5.86. The van der Waals surface area contributed by atoms with Gasteiger partial charge in [-0.15, -0.1) is 11.8 Å². The molecule has 2 N–H and O–H groups in total. The van der Waals surface area contributed by atoms with E-state index < -0.39 is 17.3 Å². The summed E-state index contributed by atoms with van der Waals surface area (Å²) in [5, 5.41) is 11.0. The number of halogens is 2. The Morgan fingerprint density at radius 3 is 2.73 bits per heavy atom. The van der Waals surface area contributed by atoms with Crippen LogP contribution in [-0.2, 0) is 6.54 Å². The van der Waals surface area contributed by atoms with Gasteiger partial charge in [0.1, 0.15) is 11.5 Å². The molecule has 2 aromatic heterocycles. The number of H-pyrrole nitrogens is 1. The van der Waals surface area contributed by atoms with Crippen molar-refractivity contribution in [2.24, 2.45) is 0 Å². The zero-order valence-corrected chi connectivity index (χ0v) is 17.4. The normalized spacial score (nSPS) is 11.2. The first-order valence-electron chi connectivity index (χ1n) is 8.96. The highest BCUT2D eigenvalue weighted by atomic mass is 35.5. The van der Waals surface area contributed by atoms with E-state index in [9.17, 15) is 19.1 Å². The number of aromatic nitrogens is 2. The first kappa shape index (κ1) is 20.3. The van der Waals surface area contributed by atoms with Gasteiger partial charge in [-0.05, 0) is 54.8 Å². The molecule has 0 saturated heterocycles. The average molecular weight is 443 g/mol. The summed E-state index contributed by atoms with van der Waals surface area (Å²) in [6.07, 6.45) is 3.36. The third kappa shape index (κ3) is 3.51. The van der Waals surface area contributed by atoms with Gasteiger partial charge in [0.05, 0.1) is 6.54 Å². The number of carbonyl (C=O) groups is 1. The van der Waals surface area contributed by atoms with Crippen LogP contribution in [-0.4, -0.2) is 26.9 Å². The largest absolute Gasteiger partial charge is 0.477 e. The Morgan fingerprint density at radius 2 is 2.03 bits per heavy atom. The van der Waals surface area contributed by atoms with E-state index in [4.69, 9.17) is 11.6 Å². The Labute approximate surface area is 180 Å². The Hall–Kier alpha value is -3.03. The number of thioether (sulfide) groups is 1. The maximum absolute atomic E-state index is 14.5. The molecule has 0 fully saturated rings. The van der Waals surface area contributed by atoms with E-state index in [1.165, 1.54) is 28.6 Å². The van der Waals surface area contributed by atoms with Crippen LogP contribution in [0.3, 0.4) is 0 Å². The maximum Gasteiger partial charge on any atom is 0.353 e. The van der Waals surface area contributed by atoms with Crippen molar-refractivity contribution in [1.82, 2.24) is 9.55 Å². The van der Waals surface area contributed by atoms with Gasteiger partial charge < -0.3 is 14.7 Å². The van der Waals surface area contributed by atoms with Crippen molar-refractivity contribution in [3.8, 4) is 11.1 Å². The number of fused-ring (bicyclic) bond motifs is 1. The molecular weight excluding hydrogens is 427 g/mol. The van der Waals surface area contributed by atoms with Gasteiger partial charge in [-0.2, -0.15) is 0 Å². The fourth-order valence-electron chi connectivity index (χ4n) is 3.57. The molecule has 0 atom stereocenters. The zero-order valence-electron chi connectivity index (χ0n) is 15.8. The number of nitrogens with zero attached hydrogens (tertiary/aromatic N) is 1. The minimum absolute atomic E-state index is 0.00919. The predicted molar refractivity (Wildman–Crippen MR) is 117 cm³/mol. The summed E-state index contributed by atoms with van der Waals surface area (Å²) < 4.78 is 16.0. The number of aromatic amines is 1. The second-order valence-corrected chi connectivity index (χ2v) is 7.96. The van der Waals surface area contributed by atoms with Gasteiger partial charge in [0.15, 0.2) is 0 Å². The van der Waals surface area contributed by atoms with Crippen molar-refractivity contribution in [3.05, 3.63) is 87.2 Å². The summed E-state index contributed by atoms with van der Waals surface area (Å²) in [6.45, 7) is -0.00919. The van der Waals surface area contributed by atoms with E-state index in [0.717, 1.165) is 4.90 Å². The van der Waals surface area contributed by atoms with Crippen molar-refractivity contribution in [3.63, 3.8) is 0 Å². The van der Waals surface area contributed by atoms with E-state index in [1.54, 1.807) is 42.5 Å². The van der Waals surface area contributed by atoms with Crippen molar-refractivity contribution in [1.29, 1.82) is 0 Å². The van der Waals surface area contributed by atoms with Gasteiger partial charge in [0.2, 0.25) is 0 Å². The molecule has 0 radical (unpaired) electrons. The predicted octanol–water partition coefficient (Wildman–Crippen LogP) is 5.26. The zero-order chi connectivity index (χ0) is 21.4. The molecule has 8 heteroatoms. The first-order valence-corrected chi connectivity index (χ1v) is 10.6. The summed E-state index contributed by atoms with van der Waals surface area (Å²) in [5.74, 6) is -1.65. The summed E-state index contributed by atoms with van der Waals surface area (Å²) in [5.41, 5.74) is 0.837. The van der Waals surface area contributed by atoms with E-state index in [1.807, 2.05) is 6.26 Å². The molecule has 4 rings (SSSR count). The van der Waals surface area contributed by atoms with Crippen LogP contribution in [0, 0.1) is 5.82 Å². The Kier molecular flexibility index (Phi) is 5.40. The molecule has 0 unspecified atom stereocenters. The summed E-state index contributed by atoms with van der Waals surface area (Å²) >= 11 is 7.65. The van der Waals surface area contributed by atoms with Gasteiger partial charge >= 0.3 is 5.97 Å². The highest BCUT2D eigenvalue weighted by Crippen LogP contribution is 2.36. The molecule has 2 heterocycles. The summed E-state index contributed by atoms with van der Waals surface area (Å²) in [7, 11) is 0. The van der Waals surface area contributed by atoms with Gasteiger partial charge in [0.25, 0.3) is 5.56 Å². The van der Waals surface area contributed by atoms with Gasteiger partial charge in [-0.1, -0.05) is 11.6 Å². The number of aromatic carboxylic acids is 1. The number of hydrogen-bond acceptors (Lipinski definition) is 3. The number of pyridine rings is 1.